The van der Waals surface area contributed by atoms with E-state index < -0.39 is 0 Å². The quantitative estimate of drug-likeness (QED) is 0.772. The average molecular weight is 226 g/mol. The first-order valence-corrected chi connectivity index (χ1v) is 6.95. The zero-order valence-electron chi connectivity index (χ0n) is 10.1. The van der Waals surface area contributed by atoms with E-state index in [9.17, 15) is 4.79 Å². The maximum atomic E-state index is 12.2. The molecule has 3 atom stereocenters. The number of carbonyl (C=O) groups excluding carboxylic acids is 1. The van der Waals surface area contributed by atoms with Crippen molar-refractivity contribution in [1.82, 2.24) is 0 Å². The second kappa shape index (κ2) is 3.44. The molecule has 0 aliphatic heterocycles. The maximum absolute atomic E-state index is 12.2. The van der Waals surface area contributed by atoms with Crippen LogP contribution in [0.2, 0.25) is 0 Å². The van der Waals surface area contributed by atoms with Crippen LogP contribution < -0.4 is 0 Å². The van der Waals surface area contributed by atoms with Crippen molar-refractivity contribution in [3.8, 4) is 0 Å². The number of hydrogen-bond acceptors (Lipinski definition) is 1. The van der Waals surface area contributed by atoms with Gasteiger partial charge in [0, 0.05) is 12.3 Å². The number of carbonyl (C=O) groups is 1. The predicted octanol–water partition coefficient (Wildman–Crippen LogP) is 3.33. The second-order valence-electron chi connectivity index (χ2n) is 6.07. The molecule has 0 aromatic heterocycles. The van der Waals surface area contributed by atoms with E-state index in [0.717, 1.165) is 12.3 Å². The van der Waals surface area contributed by atoms with Crippen LogP contribution in [0.1, 0.15) is 42.7 Å². The maximum Gasteiger partial charge on any atom is 0.137 e. The molecular formula is C16H18O. The summed E-state index contributed by atoms with van der Waals surface area (Å²) >= 11 is 0. The molecule has 0 bridgehead atoms. The van der Waals surface area contributed by atoms with Gasteiger partial charge in [-0.15, -0.1) is 0 Å². The van der Waals surface area contributed by atoms with Gasteiger partial charge in [-0.05, 0) is 54.6 Å². The third-order valence-electron chi connectivity index (χ3n) is 4.89. The molecule has 3 aliphatic carbocycles. The van der Waals surface area contributed by atoms with E-state index in [0.29, 0.717) is 23.5 Å². The zero-order chi connectivity index (χ0) is 11.4. The molecule has 1 aromatic rings. The Morgan fingerprint density at radius 1 is 1.18 bits per heavy atom. The van der Waals surface area contributed by atoms with Gasteiger partial charge in [0.1, 0.15) is 5.78 Å². The van der Waals surface area contributed by atoms with Crippen LogP contribution in [0.15, 0.2) is 24.3 Å². The number of benzene rings is 1. The van der Waals surface area contributed by atoms with Crippen LogP contribution in [-0.4, -0.2) is 5.78 Å². The van der Waals surface area contributed by atoms with Crippen LogP contribution in [0.25, 0.3) is 0 Å². The van der Waals surface area contributed by atoms with E-state index in [1.807, 2.05) is 0 Å². The molecule has 2 saturated carbocycles. The van der Waals surface area contributed by atoms with Crippen molar-refractivity contribution in [1.29, 1.82) is 0 Å². The largest absolute Gasteiger partial charge is 0.299 e. The number of hydrogen-bond donors (Lipinski definition) is 0. The topological polar surface area (TPSA) is 17.1 Å². The molecule has 3 unspecified atom stereocenters. The molecule has 0 heterocycles. The van der Waals surface area contributed by atoms with Crippen molar-refractivity contribution in [3.63, 3.8) is 0 Å². The molecule has 0 saturated heterocycles. The van der Waals surface area contributed by atoms with Gasteiger partial charge >= 0.3 is 0 Å². The van der Waals surface area contributed by atoms with Gasteiger partial charge in [-0.3, -0.25) is 4.79 Å². The van der Waals surface area contributed by atoms with Crippen LogP contribution in [0, 0.1) is 17.8 Å². The van der Waals surface area contributed by atoms with E-state index in [-0.39, 0.29) is 0 Å². The summed E-state index contributed by atoms with van der Waals surface area (Å²) in [6.45, 7) is 0. The van der Waals surface area contributed by atoms with Crippen LogP contribution in [0.5, 0.6) is 0 Å². The van der Waals surface area contributed by atoms with Gasteiger partial charge in [0.15, 0.2) is 0 Å². The van der Waals surface area contributed by atoms with Crippen LogP contribution >= 0.6 is 0 Å². The molecule has 4 rings (SSSR count). The molecule has 3 aliphatic rings. The van der Waals surface area contributed by atoms with Gasteiger partial charge in [-0.1, -0.05) is 24.3 Å². The highest BCUT2D eigenvalue weighted by atomic mass is 16.1. The SMILES string of the molecule is O=C(CC1CC1)C1C2CCc3ccccc3C21. The van der Waals surface area contributed by atoms with Crippen LogP contribution in [0.3, 0.4) is 0 Å². The second-order valence-corrected chi connectivity index (χ2v) is 6.07. The molecule has 1 aromatic carbocycles. The summed E-state index contributed by atoms with van der Waals surface area (Å²) < 4.78 is 0. The molecule has 0 radical (unpaired) electrons. The number of rotatable bonds is 3. The lowest BCUT2D eigenvalue weighted by molar-refractivity contribution is -0.121. The monoisotopic (exact) mass is 226 g/mol. The fraction of sp³-hybridized carbons (Fsp3) is 0.562. The van der Waals surface area contributed by atoms with Crippen molar-refractivity contribution >= 4 is 5.78 Å². The Morgan fingerprint density at radius 2 is 2.00 bits per heavy atom. The van der Waals surface area contributed by atoms with Crippen molar-refractivity contribution < 1.29 is 4.79 Å². The van der Waals surface area contributed by atoms with E-state index in [2.05, 4.69) is 24.3 Å². The normalized spacial score (nSPS) is 33.8. The van der Waals surface area contributed by atoms with Gasteiger partial charge < -0.3 is 0 Å². The Labute approximate surface area is 102 Å². The Balaban J connectivity index is 1.57. The van der Waals surface area contributed by atoms with Crippen molar-refractivity contribution in [2.24, 2.45) is 17.8 Å². The number of fused-ring (bicyclic) bond motifs is 3. The molecule has 0 N–H and O–H groups in total. The molecule has 2 fully saturated rings. The van der Waals surface area contributed by atoms with E-state index in [1.54, 1.807) is 0 Å². The van der Waals surface area contributed by atoms with E-state index in [4.69, 9.17) is 0 Å². The van der Waals surface area contributed by atoms with Crippen molar-refractivity contribution in [2.75, 3.05) is 0 Å². The average Bonchev–Trinajstić information content (AvgIpc) is 3.22. The van der Waals surface area contributed by atoms with E-state index in [1.165, 1.54) is 36.8 Å². The van der Waals surface area contributed by atoms with Crippen LogP contribution in [-0.2, 0) is 11.2 Å². The lowest BCUT2D eigenvalue weighted by Crippen LogP contribution is -2.03. The highest BCUT2D eigenvalue weighted by Gasteiger charge is 2.56. The molecule has 17 heavy (non-hydrogen) atoms. The summed E-state index contributed by atoms with van der Waals surface area (Å²) in [5.41, 5.74) is 2.98. The lowest BCUT2D eigenvalue weighted by Gasteiger charge is -2.13. The first-order valence-electron chi connectivity index (χ1n) is 6.95. The van der Waals surface area contributed by atoms with Gasteiger partial charge in [0.25, 0.3) is 0 Å². The van der Waals surface area contributed by atoms with Gasteiger partial charge in [-0.2, -0.15) is 0 Å². The lowest BCUT2D eigenvalue weighted by atomic mass is 9.92. The third-order valence-corrected chi connectivity index (χ3v) is 4.89. The predicted molar refractivity (Wildman–Crippen MR) is 66.8 cm³/mol. The first-order chi connectivity index (χ1) is 8.34. The summed E-state index contributed by atoms with van der Waals surface area (Å²) in [6, 6.07) is 8.74. The zero-order valence-corrected chi connectivity index (χ0v) is 10.1. The molecule has 0 amide bonds. The highest BCUT2D eigenvalue weighted by molar-refractivity contribution is 5.86. The fourth-order valence-electron chi connectivity index (χ4n) is 3.75. The van der Waals surface area contributed by atoms with Crippen molar-refractivity contribution in [2.45, 2.75) is 38.0 Å². The third kappa shape index (κ3) is 1.55. The number of aryl methyl sites for hydroxylation is 1. The van der Waals surface area contributed by atoms with E-state index >= 15 is 0 Å². The number of Topliss-reactive ketones (excluding diaryl/α,β-unsaturated/α-hetero) is 1. The Bertz CT molecular complexity index is 472. The number of ketones is 1. The Hall–Kier alpha value is -1.11. The minimum absolute atomic E-state index is 0.388. The summed E-state index contributed by atoms with van der Waals surface area (Å²) in [5.74, 6) is 2.99. The van der Waals surface area contributed by atoms with Crippen molar-refractivity contribution in [3.05, 3.63) is 35.4 Å². The van der Waals surface area contributed by atoms with Gasteiger partial charge in [0.2, 0.25) is 0 Å². The first kappa shape index (κ1) is 9.87. The summed E-state index contributed by atoms with van der Waals surface area (Å²) in [4.78, 5) is 12.2. The molecule has 88 valence electrons. The molecular weight excluding hydrogens is 208 g/mol. The minimum Gasteiger partial charge on any atom is -0.299 e. The summed E-state index contributed by atoms with van der Waals surface area (Å²) in [5, 5.41) is 0. The Morgan fingerprint density at radius 3 is 2.82 bits per heavy atom. The highest BCUT2D eigenvalue weighted by Crippen LogP contribution is 2.61. The van der Waals surface area contributed by atoms with Gasteiger partial charge in [0.05, 0.1) is 0 Å². The summed E-state index contributed by atoms with van der Waals surface area (Å²) in [6.07, 6.45) is 5.89. The molecule has 0 spiro atoms. The molecule has 1 nitrogen and oxygen atoms in total. The minimum atomic E-state index is 0.388. The fourth-order valence-corrected chi connectivity index (χ4v) is 3.75. The smallest absolute Gasteiger partial charge is 0.137 e. The van der Waals surface area contributed by atoms with Crippen LogP contribution in [0.4, 0.5) is 0 Å². The van der Waals surface area contributed by atoms with Gasteiger partial charge in [-0.25, -0.2) is 0 Å². The standard InChI is InChI=1S/C16H18O/c17-14(9-10-5-6-10)16-13-8-7-11-3-1-2-4-12(11)15(13)16/h1-4,10,13,15-16H,5-9H2. The Kier molecular flexibility index (Phi) is 2.00. The summed E-state index contributed by atoms with van der Waals surface area (Å²) in [7, 11) is 0. The molecule has 1 heteroatoms.